The second-order valence-electron chi connectivity index (χ2n) is 5.77. The van der Waals surface area contributed by atoms with E-state index in [1.807, 2.05) is 24.3 Å². The molecule has 0 saturated carbocycles. The van der Waals surface area contributed by atoms with E-state index in [1.54, 1.807) is 36.4 Å². The van der Waals surface area contributed by atoms with Crippen molar-refractivity contribution in [2.45, 2.75) is 13.8 Å². The Labute approximate surface area is 159 Å². The Hall–Kier alpha value is -3.33. The number of hydrogen-bond acceptors (Lipinski definition) is 5. The van der Waals surface area contributed by atoms with Gasteiger partial charge in [-0.3, -0.25) is 9.69 Å². The second-order valence-corrected chi connectivity index (χ2v) is 5.77. The number of ether oxygens (including phenoxy) is 1. The number of anilines is 2. The third kappa shape index (κ3) is 5.32. The fourth-order valence-corrected chi connectivity index (χ4v) is 2.69. The number of hydrogen-bond donors (Lipinski definition) is 0. The van der Waals surface area contributed by atoms with E-state index in [1.165, 1.54) is 4.90 Å². The summed E-state index contributed by atoms with van der Waals surface area (Å²) >= 11 is 0. The van der Waals surface area contributed by atoms with E-state index in [4.69, 9.17) is 10.00 Å². The van der Waals surface area contributed by atoms with Gasteiger partial charge in [-0.05, 0) is 50.2 Å². The van der Waals surface area contributed by atoms with Crippen LogP contribution >= 0.6 is 0 Å². The highest BCUT2D eigenvalue weighted by Crippen LogP contribution is 2.16. The summed E-state index contributed by atoms with van der Waals surface area (Å²) in [4.78, 5) is 28.0. The van der Waals surface area contributed by atoms with E-state index >= 15 is 0 Å². The Morgan fingerprint density at radius 3 is 2.15 bits per heavy atom. The second kappa shape index (κ2) is 9.97. The number of para-hydroxylation sites is 1. The summed E-state index contributed by atoms with van der Waals surface area (Å²) in [6.45, 7) is 5.35. The summed E-state index contributed by atoms with van der Waals surface area (Å²) in [5, 5.41) is 8.96. The van der Waals surface area contributed by atoms with Crippen LogP contribution in [-0.4, -0.2) is 38.1 Å². The number of benzene rings is 2. The Bertz CT molecular complexity index is 794. The number of nitrogens with zero attached hydrogens (tertiary/aromatic N) is 3. The molecular weight excluding hydrogens is 342 g/mol. The smallest absolute Gasteiger partial charge is 0.338 e. The molecule has 0 bridgehead atoms. The molecule has 0 heterocycles. The van der Waals surface area contributed by atoms with Gasteiger partial charge in [-0.1, -0.05) is 18.2 Å². The van der Waals surface area contributed by atoms with Crippen LogP contribution in [0.4, 0.5) is 11.4 Å². The van der Waals surface area contributed by atoms with Crippen LogP contribution < -0.4 is 9.80 Å². The molecule has 0 aliphatic heterocycles. The molecule has 0 radical (unpaired) electrons. The molecule has 0 N–H and O–H groups in total. The maximum atomic E-state index is 12.4. The number of amides is 1. The van der Waals surface area contributed by atoms with Crippen LogP contribution in [0.15, 0.2) is 54.6 Å². The lowest BCUT2D eigenvalue weighted by Crippen LogP contribution is -2.35. The van der Waals surface area contributed by atoms with Crippen molar-refractivity contribution >= 4 is 23.3 Å². The van der Waals surface area contributed by atoms with E-state index in [9.17, 15) is 9.59 Å². The predicted octanol–water partition coefficient (Wildman–Crippen LogP) is 3.25. The number of carbonyl (C=O) groups excluding carboxylic acids is 2. The zero-order valence-corrected chi connectivity index (χ0v) is 15.6. The molecule has 0 unspecified atom stereocenters. The number of esters is 1. The lowest BCUT2D eigenvalue weighted by Gasteiger charge is -2.21. The van der Waals surface area contributed by atoms with Crippen molar-refractivity contribution in [3.8, 4) is 6.07 Å². The van der Waals surface area contributed by atoms with Crippen LogP contribution in [0.3, 0.4) is 0 Å². The van der Waals surface area contributed by atoms with Gasteiger partial charge >= 0.3 is 5.97 Å². The van der Waals surface area contributed by atoms with Crippen LogP contribution in [0.25, 0.3) is 0 Å². The normalized spacial score (nSPS) is 9.96. The van der Waals surface area contributed by atoms with Crippen molar-refractivity contribution in [3.63, 3.8) is 0 Å². The fraction of sp³-hybridized carbons (Fsp3) is 0.286. The molecule has 1 amide bonds. The highest BCUT2D eigenvalue weighted by Gasteiger charge is 2.18. The quantitative estimate of drug-likeness (QED) is 0.530. The molecule has 0 saturated heterocycles. The third-order valence-electron chi connectivity index (χ3n) is 4.16. The summed E-state index contributed by atoms with van der Waals surface area (Å²) in [7, 11) is 0. The zero-order valence-electron chi connectivity index (χ0n) is 15.6. The first-order chi connectivity index (χ1) is 13.1. The molecule has 2 aromatic rings. The first-order valence-electron chi connectivity index (χ1n) is 8.85. The van der Waals surface area contributed by atoms with Gasteiger partial charge < -0.3 is 9.64 Å². The summed E-state index contributed by atoms with van der Waals surface area (Å²) < 4.78 is 5.14. The van der Waals surface area contributed by atoms with Crippen LogP contribution in [-0.2, 0) is 9.53 Å². The predicted molar refractivity (Wildman–Crippen MR) is 105 cm³/mol. The number of rotatable bonds is 8. The van der Waals surface area contributed by atoms with Gasteiger partial charge in [0.1, 0.15) is 6.54 Å². The van der Waals surface area contributed by atoms with Gasteiger partial charge in [0, 0.05) is 24.5 Å². The molecule has 2 rings (SSSR count). The first-order valence-corrected chi connectivity index (χ1v) is 8.85. The maximum Gasteiger partial charge on any atom is 0.338 e. The van der Waals surface area contributed by atoms with Gasteiger partial charge in [-0.25, -0.2) is 4.79 Å². The Morgan fingerprint density at radius 1 is 0.963 bits per heavy atom. The monoisotopic (exact) mass is 365 g/mol. The maximum absolute atomic E-state index is 12.4. The molecule has 140 valence electrons. The minimum Gasteiger partial charge on any atom is -0.452 e. The average molecular weight is 365 g/mol. The van der Waals surface area contributed by atoms with Gasteiger partial charge in [0.15, 0.2) is 6.61 Å². The first kappa shape index (κ1) is 20.0. The molecule has 0 fully saturated rings. The fourth-order valence-electron chi connectivity index (χ4n) is 2.69. The third-order valence-corrected chi connectivity index (χ3v) is 4.16. The van der Waals surface area contributed by atoms with E-state index in [0.29, 0.717) is 11.3 Å². The van der Waals surface area contributed by atoms with Crippen LogP contribution in [0.1, 0.15) is 24.2 Å². The van der Waals surface area contributed by atoms with Crippen LogP contribution in [0, 0.1) is 11.3 Å². The minimum absolute atomic E-state index is 0.112. The largest absolute Gasteiger partial charge is 0.452 e. The van der Waals surface area contributed by atoms with Crippen molar-refractivity contribution in [3.05, 3.63) is 60.2 Å². The van der Waals surface area contributed by atoms with Gasteiger partial charge in [0.25, 0.3) is 5.91 Å². The Balaban J connectivity index is 1.99. The van der Waals surface area contributed by atoms with Crippen LogP contribution in [0.2, 0.25) is 0 Å². The Kier molecular flexibility index (Phi) is 7.38. The average Bonchev–Trinajstić information content (AvgIpc) is 2.72. The van der Waals surface area contributed by atoms with E-state index in [0.717, 1.165) is 18.8 Å². The number of carbonyl (C=O) groups is 2. The molecule has 0 spiro atoms. The van der Waals surface area contributed by atoms with E-state index < -0.39 is 18.5 Å². The molecule has 0 atom stereocenters. The molecule has 2 aromatic carbocycles. The van der Waals surface area contributed by atoms with Gasteiger partial charge in [0.2, 0.25) is 0 Å². The topological polar surface area (TPSA) is 73.6 Å². The van der Waals surface area contributed by atoms with Crippen molar-refractivity contribution in [2.24, 2.45) is 0 Å². The van der Waals surface area contributed by atoms with Gasteiger partial charge in [-0.15, -0.1) is 0 Å². The summed E-state index contributed by atoms with van der Waals surface area (Å²) in [5.74, 6) is -1.02. The van der Waals surface area contributed by atoms with E-state index in [2.05, 4.69) is 18.7 Å². The van der Waals surface area contributed by atoms with Gasteiger partial charge in [0.05, 0.1) is 11.6 Å². The lowest BCUT2D eigenvalue weighted by atomic mass is 10.2. The highest BCUT2D eigenvalue weighted by molar-refractivity contribution is 5.97. The summed E-state index contributed by atoms with van der Waals surface area (Å²) in [6.07, 6.45) is 0. The molecule has 0 aliphatic carbocycles. The highest BCUT2D eigenvalue weighted by atomic mass is 16.5. The SMILES string of the molecule is CCN(CC)c1ccc(C(=O)OCC(=O)N(CC#N)c2ccccc2)cc1. The summed E-state index contributed by atoms with van der Waals surface area (Å²) in [5.41, 5.74) is 1.99. The molecule has 0 aliphatic rings. The number of nitriles is 1. The summed E-state index contributed by atoms with van der Waals surface area (Å²) in [6, 6.07) is 17.9. The van der Waals surface area contributed by atoms with Crippen molar-refractivity contribution in [2.75, 3.05) is 36.0 Å². The molecule has 27 heavy (non-hydrogen) atoms. The molecular formula is C21H23N3O3. The van der Waals surface area contributed by atoms with E-state index in [-0.39, 0.29) is 6.54 Å². The molecule has 0 aromatic heterocycles. The standard InChI is InChI=1S/C21H23N3O3/c1-3-23(4-2)18-12-10-17(11-13-18)21(26)27-16-20(25)24(15-14-22)19-8-6-5-7-9-19/h5-13H,3-4,15-16H2,1-2H3. The van der Waals surface area contributed by atoms with Gasteiger partial charge in [-0.2, -0.15) is 5.26 Å². The van der Waals surface area contributed by atoms with Crippen LogP contribution in [0.5, 0.6) is 0 Å². The minimum atomic E-state index is -0.570. The van der Waals surface area contributed by atoms with Crippen molar-refractivity contribution < 1.29 is 14.3 Å². The molecule has 6 nitrogen and oxygen atoms in total. The lowest BCUT2D eigenvalue weighted by molar-refractivity contribution is -0.121. The Morgan fingerprint density at radius 2 is 1.59 bits per heavy atom. The van der Waals surface area contributed by atoms with Crippen molar-refractivity contribution in [1.82, 2.24) is 0 Å². The molecule has 6 heteroatoms. The zero-order chi connectivity index (χ0) is 19.6. The van der Waals surface area contributed by atoms with Crippen molar-refractivity contribution in [1.29, 1.82) is 5.26 Å².